The van der Waals surface area contributed by atoms with E-state index in [4.69, 9.17) is 0 Å². The van der Waals surface area contributed by atoms with E-state index in [1.165, 1.54) is 7.11 Å². The number of pyridine rings is 1. The first-order valence-corrected chi connectivity index (χ1v) is 5.64. The summed E-state index contributed by atoms with van der Waals surface area (Å²) in [5.74, 6) is -0.241. The van der Waals surface area contributed by atoms with Gasteiger partial charge >= 0.3 is 6.09 Å². The molecule has 2 N–H and O–H groups in total. The van der Waals surface area contributed by atoms with E-state index in [1.807, 2.05) is 12.1 Å². The average Bonchev–Trinajstić information content (AvgIpc) is 2.39. The molecule has 0 aliphatic carbocycles. The Morgan fingerprint density at radius 3 is 2.67 bits per heavy atom. The quantitative estimate of drug-likeness (QED) is 0.798. The van der Waals surface area contributed by atoms with Crippen LogP contribution in [0.3, 0.4) is 0 Å². The third-order valence-corrected chi connectivity index (χ3v) is 2.38. The van der Waals surface area contributed by atoms with Crippen LogP contribution in [0.15, 0.2) is 24.5 Å². The van der Waals surface area contributed by atoms with Gasteiger partial charge < -0.3 is 15.4 Å². The molecule has 0 fully saturated rings. The van der Waals surface area contributed by atoms with Gasteiger partial charge in [0.15, 0.2) is 0 Å². The Morgan fingerprint density at radius 1 is 1.39 bits per heavy atom. The van der Waals surface area contributed by atoms with Crippen molar-refractivity contribution in [1.29, 1.82) is 0 Å². The van der Waals surface area contributed by atoms with Crippen molar-refractivity contribution in [3.05, 3.63) is 30.1 Å². The van der Waals surface area contributed by atoms with Crippen molar-refractivity contribution in [3.8, 4) is 0 Å². The van der Waals surface area contributed by atoms with E-state index in [-0.39, 0.29) is 5.91 Å². The first kappa shape index (κ1) is 14.0. The van der Waals surface area contributed by atoms with Gasteiger partial charge in [-0.15, -0.1) is 0 Å². The predicted molar refractivity (Wildman–Crippen MR) is 66.0 cm³/mol. The van der Waals surface area contributed by atoms with Crippen molar-refractivity contribution in [3.63, 3.8) is 0 Å². The van der Waals surface area contributed by atoms with Gasteiger partial charge in [0.25, 0.3) is 0 Å². The lowest BCUT2D eigenvalue weighted by Gasteiger charge is -2.13. The van der Waals surface area contributed by atoms with E-state index < -0.39 is 12.1 Å². The number of amides is 2. The van der Waals surface area contributed by atoms with Crippen LogP contribution in [0.2, 0.25) is 0 Å². The first-order chi connectivity index (χ1) is 8.63. The number of aromatic nitrogens is 1. The highest BCUT2D eigenvalue weighted by atomic mass is 16.5. The number of nitrogens with one attached hydrogen (secondary N) is 2. The summed E-state index contributed by atoms with van der Waals surface area (Å²) in [5.41, 5.74) is 1.10. The standard InChI is InChI=1S/C12H17N3O3/c1-9(15-12(17)18-2)11(16)14-8-5-10-3-6-13-7-4-10/h3-4,6-7,9H,5,8H2,1-2H3,(H,14,16)(H,15,17)/t9-/m1/s1. The van der Waals surface area contributed by atoms with Gasteiger partial charge in [-0.25, -0.2) is 4.79 Å². The molecule has 0 bridgehead atoms. The van der Waals surface area contributed by atoms with E-state index in [0.29, 0.717) is 6.54 Å². The van der Waals surface area contributed by atoms with Crippen LogP contribution in [0.5, 0.6) is 0 Å². The van der Waals surface area contributed by atoms with Crippen molar-refractivity contribution in [2.75, 3.05) is 13.7 Å². The molecule has 0 aromatic carbocycles. The second-order valence-electron chi connectivity index (χ2n) is 3.75. The zero-order valence-electron chi connectivity index (χ0n) is 10.5. The van der Waals surface area contributed by atoms with Crippen LogP contribution in [0.25, 0.3) is 0 Å². The average molecular weight is 251 g/mol. The molecule has 0 aliphatic rings. The lowest BCUT2D eigenvalue weighted by atomic mass is 10.2. The molecule has 18 heavy (non-hydrogen) atoms. The smallest absolute Gasteiger partial charge is 0.407 e. The molecule has 0 radical (unpaired) electrons. The molecular weight excluding hydrogens is 234 g/mol. The Hall–Kier alpha value is -2.11. The molecule has 0 aliphatic heterocycles. The number of alkyl carbamates (subject to hydrolysis) is 1. The third-order valence-electron chi connectivity index (χ3n) is 2.38. The Balaban J connectivity index is 2.26. The second-order valence-corrected chi connectivity index (χ2v) is 3.75. The lowest BCUT2D eigenvalue weighted by molar-refractivity contribution is -0.122. The number of hydrogen-bond donors (Lipinski definition) is 2. The fourth-order valence-corrected chi connectivity index (χ4v) is 1.33. The van der Waals surface area contributed by atoms with Gasteiger partial charge in [-0.3, -0.25) is 9.78 Å². The van der Waals surface area contributed by atoms with Gasteiger partial charge in [0, 0.05) is 18.9 Å². The summed E-state index contributed by atoms with van der Waals surface area (Å²) in [4.78, 5) is 26.4. The maximum Gasteiger partial charge on any atom is 0.407 e. The molecule has 98 valence electrons. The number of rotatable bonds is 5. The monoisotopic (exact) mass is 251 g/mol. The summed E-state index contributed by atoms with van der Waals surface area (Å²) < 4.78 is 4.41. The molecule has 0 saturated heterocycles. The maximum absolute atomic E-state index is 11.6. The molecule has 1 rings (SSSR count). The fraction of sp³-hybridized carbons (Fsp3) is 0.417. The SMILES string of the molecule is COC(=O)N[C@H](C)C(=O)NCCc1ccncc1. The maximum atomic E-state index is 11.6. The summed E-state index contributed by atoms with van der Waals surface area (Å²) in [6.07, 6.45) is 3.52. The number of ether oxygens (including phenoxy) is 1. The Bertz CT molecular complexity index is 395. The van der Waals surface area contributed by atoms with Crippen molar-refractivity contribution in [1.82, 2.24) is 15.6 Å². The summed E-state index contributed by atoms with van der Waals surface area (Å²) in [6.45, 7) is 2.11. The van der Waals surface area contributed by atoms with Gasteiger partial charge in [0.2, 0.25) is 5.91 Å². The molecule has 2 amide bonds. The molecule has 6 nitrogen and oxygen atoms in total. The molecule has 1 atom stereocenters. The minimum absolute atomic E-state index is 0.241. The van der Waals surface area contributed by atoms with Crippen LogP contribution in [0, 0.1) is 0 Å². The van der Waals surface area contributed by atoms with Gasteiger partial charge in [-0.2, -0.15) is 0 Å². The van der Waals surface area contributed by atoms with Gasteiger partial charge in [-0.1, -0.05) is 0 Å². The van der Waals surface area contributed by atoms with Gasteiger partial charge in [0.1, 0.15) is 6.04 Å². The van der Waals surface area contributed by atoms with E-state index >= 15 is 0 Å². The van der Waals surface area contributed by atoms with Crippen LogP contribution < -0.4 is 10.6 Å². The molecule has 0 unspecified atom stereocenters. The molecule has 1 aromatic rings. The van der Waals surface area contributed by atoms with Crippen LogP contribution in [0.4, 0.5) is 4.79 Å². The minimum Gasteiger partial charge on any atom is -0.453 e. The summed E-state index contributed by atoms with van der Waals surface area (Å²) in [6, 6.07) is 3.17. The topological polar surface area (TPSA) is 80.3 Å². The predicted octanol–water partition coefficient (Wildman–Crippen LogP) is 0.485. The summed E-state index contributed by atoms with van der Waals surface area (Å²) >= 11 is 0. The molecule has 1 aromatic heterocycles. The van der Waals surface area contributed by atoms with E-state index in [2.05, 4.69) is 20.4 Å². The molecular formula is C12H17N3O3. The zero-order valence-corrected chi connectivity index (χ0v) is 10.5. The Labute approximate surface area is 106 Å². The van der Waals surface area contributed by atoms with Crippen molar-refractivity contribution in [2.24, 2.45) is 0 Å². The molecule has 0 saturated carbocycles. The summed E-state index contributed by atoms with van der Waals surface area (Å²) in [7, 11) is 1.25. The number of nitrogens with zero attached hydrogens (tertiary/aromatic N) is 1. The number of hydrogen-bond acceptors (Lipinski definition) is 4. The second kappa shape index (κ2) is 7.26. The highest BCUT2D eigenvalue weighted by molar-refractivity contribution is 5.85. The van der Waals surface area contributed by atoms with Crippen LogP contribution in [0.1, 0.15) is 12.5 Å². The number of carbonyl (C=O) groups excluding carboxylic acids is 2. The fourth-order valence-electron chi connectivity index (χ4n) is 1.33. The highest BCUT2D eigenvalue weighted by Gasteiger charge is 2.14. The van der Waals surface area contributed by atoms with Crippen molar-refractivity contribution >= 4 is 12.0 Å². The van der Waals surface area contributed by atoms with Gasteiger partial charge in [0.05, 0.1) is 7.11 Å². The van der Waals surface area contributed by atoms with Crippen molar-refractivity contribution in [2.45, 2.75) is 19.4 Å². The summed E-state index contributed by atoms with van der Waals surface area (Å²) in [5, 5.41) is 5.13. The molecule has 1 heterocycles. The largest absolute Gasteiger partial charge is 0.453 e. The van der Waals surface area contributed by atoms with E-state index in [1.54, 1.807) is 19.3 Å². The van der Waals surface area contributed by atoms with Crippen molar-refractivity contribution < 1.29 is 14.3 Å². The first-order valence-electron chi connectivity index (χ1n) is 5.64. The number of methoxy groups -OCH3 is 1. The minimum atomic E-state index is -0.619. The molecule has 6 heteroatoms. The lowest BCUT2D eigenvalue weighted by Crippen LogP contribution is -2.45. The normalized spacial score (nSPS) is 11.4. The Morgan fingerprint density at radius 2 is 2.06 bits per heavy atom. The van der Waals surface area contributed by atoms with E-state index in [9.17, 15) is 9.59 Å². The number of carbonyl (C=O) groups is 2. The highest BCUT2D eigenvalue weighted by Crippen LogP contribution is 1.96. The van der Waals surface area contributed by atoms with Crippen LogP contribution in [-0.2, 0) is 16.0 Å². The van der Waals surface area contributed by atoms with Crippen LogP contribution >= 0.6 is 0 Å². The van der Waals surface area contributed by atoms with E-state index in [0.717, 1.165) is 12.0 Å². The Kier molecular flexibility index (Phi) is 5.63. The van der Waals surface area contributed by atoms with Crippen LogP contribution in [-0.4, -0.2) is 36.7 Å². The molecule has 0 spiro atoms. The third kappa shape index (κ3) is 4.82. The zero-order chi connectivity index (χ0) is 13.4. The van der Waals surface area contributed by atoms with Gasteiger partial charge in [-0.05, 0) is 31.0 Å².